The molecule has 5 aliphatic rings. The van der Waals surface area contributed by atoms with Crippen molar-refractivity contribution < 1.29 is 38.4 Å². The number of carbonyl (C=O) groups is 8. The van der Waals surface area contributed by atoms with Crippen LogP contribution in [0.1, 0.15) is 154 Å². The summed E-state index contributed by atoms with van der Waals surface area (Å²) in [7, 11) is 0. The lowest BCUT2D eigenvalue weighted by Crippen LogP contribution is -2.49. The number of hydrogen-bond acceptors (Lipinski definition) is 16. The maximum Gasteiger partial charge on any atom is 0.200 e. The van der Waals surface area contributed by atoms with Crippen LogP contribution in [-0.2, 0) is 0 Å². The van der Waals surface area contributed by atoms with Gasteiger partial charge in [0.1, 0.15) is 8.16 Å². The molecule has 488 valence electrons. The molecule has 8 aromatic rings. The largest absolute Gasteiger partial charge is 0.341 e. The van der Waals surface area contributed by atoms with Crippen molar-refractivity contribution in [3.05, 3.63) is 348 Å². The molecule has 0 aliphatic carbocycles. The number of rotatable bonds is 27. The van der Waals surface area contributed by atoms with Gasteiger partial charge in [0, 0.05) is 51.1 Å². The van der Waals surface area contributed by atoms with Crippen molar-refractivity contribution in [3.63, 3.8) is 0 Å². The normalized spacial score (nSPS) is 16.2. The summed E-state index contributed by atoms with van der Waals surface area (Å²) in [6.45, 7) is 2.41. The molecular weight excluding hydrogens is 1350 g/mol. The van der Waals surface area contributed by atoms with Crippen LogP contribution in [0.4, 0.5) is 0 Å². The van der Waals surface area contributed by atoms with Crippen LogP contribution < -0.4 is 0 Å². The Kier molecular flexibility index (Phi) is 21.6. The lowest BCUT2D eigenvalue weighted by atomic mass is 9.92. The minimum absolute atomic E-state index is 0.0292. The maximum atomic E-state index is 16.7. The SMILES string of the molecule is CCCCCCCCCCCCN1C2=C(SC3=C1C1(SC(C(=O)c4ccccc4)=C(C(=O)c4ccccc4)S1)C(C(=O)c1ccccc1)=C(C(=O)c1ccccc1)S3)SC(C(=O)c1ccccc1)=C(C(=O)c1ccccc1)C21SC(C(=O)c2ccccc2)=C(C(=O)c2ccccc2)S1. The minimum Gasteiger partial charge on any atom is -0.341 e. The third-order valence-corrected chi connectivity index (χ3v) is 27.4. The monoisotopic (exact) mass is 1420 g/mol. The molecule has 0 aromatic heterocycles. The molecule has 0 N–H and O–H groups in total. The Hall–Kier alpha value is -8.19. The van der Waals surface area contributed by atoms with E-state index in [4.69, 9.17) is 0 Å². The van der Waals surface area contributed by atoms with Gasteiger partial charge in [-0.1, -0.05) is 390 Å². The highest BCUT2D eigenvalue weighted by molar-refractivity contribution is 8.34. The summed E-state index contributed by atoms with van der Waals surface area (Å²) in [6, 6.07) is 69.7. The van der Waals surface area contributed by atoms with Crippen molar-refractivity contribution in [2.75, 3.05) is 6.54 Å². The number of benzene rings is 8. The summed E-state index contributed by atoms with van der Waals surface area (Å²) >= 11 is 7.81. The van der Waals surface area contributed by atoms with E-state index < -0.39 is 54.4 Å². The van der Waals surface area contributed by atoms with Crippen LogP contribution in [0.5, 0.6) is 0 Å². The smallest absolute Gasteiger partial charge is 0.200 e. The van der Waals surface area contributed by atoms with E-state index in [1.54, 1.807) is 231 Å². The molecular formula is C82H65NO8S7. The second-order valence-corrected chi connectivity index (χ2v) is 32.8. The Morgan fingerprint density at radius 1 is 0.265 bits per heavy atom. The van der Waals surface area contributed by atoms with E-state index in [1.807, 2.05) is 12.1 Å². The Balaban J connectivity index is 1.10. The third-order valence-electron chi connectivity index (χ3n) is 17.3. The van der Waals surface area contributed by atoms with Gasteiger partial charge in [0.2, 0.25) is 23.1 Å². The van der Waals surface area contributed by atoms with Crippen molar-refractivity contribution in [2.45, 2.75) is 79.3 Å². The van der Waals surface area contributed by atoms with Gasteiger partial charge in [0.05, 0.1) is 60.4 Å². The number of carbonyl (C=O) groups excluding carboxylic acids is 8. The van der Waals surface area contributed by atoms with Gasteiger partial charge in [0.15, 0.2) is 23.1 Å². The second-order valence-electron chi connectivity index (χ2n) is 23.8. The van der Waals surface area contributed by atoms with Gasteiger partial charge in [-0.25, -0.2) is 0 Å². The third kappa shape index (κ3) is 13.7. The number of Topliss-reactive ketones (excluding diaryl/α,β-unsaturated/α-hetero) is 8. The quantitative estimate of drug-likeness (QED) is 0.0356. The summed E-state index contributed by atoms with van der Waals surface area (Å²) in [4.78, 5) is 132. The van der Waals surface area contributed by atoms with E-state index in [1.165, 1.54) is 24.6 Å². The lowest BCUT2D eigenvalue weighted by Gasteiger charge is -2.52. The molecule has 0 saturated heterocycles. The molecule has 13 rings (SSSR count). The molecule has 0 unspecified atom stereocenters. The van der Waals surface area contributed by atoms with E-state index >= 15 is 38.4 Å². The van der Waals surface area contributed by atoms with E-state index in [2.05, 4.69) is 11.8 Å². The zero-order valence-electron chi connectivity index (χ0n) is 53.4. The van der Waals surface area contributed by atoms with Crippen LogP contribution >= 0.6 is 82.3 Å². The van der Waals surface area contributed by atoms with E-state index in [0.29, 0.717) is 59.7 Å². The summed E-state index contributed by atoms with van der Waals surface area (Å²) < 4.78 is -2.73. The van der Waals surface area contributed by atoms with Crippen LogP contribution in [0.2, 0.25) is 0 Å². The Bertz CT molecular complexity index is 4240. The van der Waals surface area contributed by atoms with E-state index in [9.17, 15) is 0 Å². The summed E-state index contributed by atoms with van der Waals surface area (Å²) in [5, 5.41) is 0. The van der Waals surface area contributed by atoms with Crippen LogP contribution in [0.3, 0.4) is 0 Å². The van der Waals surface area contributed by atoms with Crippen molar-refractivity contribution >= 4 is 129 Å². The first kappa shape index (κ1) is 68.3. The van der Waals surface area contributed by atoms with Crippen LogP contribution in [0.25, 0.3) is 0 Å². The lowest BCUT2D eigenvalue weighted by molar-refractivity contribution is 0.1000. The molecule has 0 atom stereocenters. The number of hydrogen-bond donors (Lipinski definition) is 0. The van der Waals surface area contributed by atoms with Gasteiger partial charge < -0.3 is 4.90 Å². The molecule has 2 spiro atoms. The zero-order chi connectivity index (χ0) is 67.8. The van der Waals surface area contributed by atoms with Crippen LogP contribution in [0.15, 0.2) is 303 Å². The maximum absolute atomic E-state index is 16.7. The Morgan fingerprint density at radius 2 is 0.480 bits per heavy atom. The summed E-state index contributed by atoms with van der Waals surface area (Å²) in [6.07, 6.45) is 9.98. The van der Waals surface area contributed by atoms with Gasteiger partial charge in [-0.15, -0.1) is 0 Å². The van der Waals surface area contributed by atoms with Crippen LogP contribution in [0, 0.1) is 0 Å². The highest BCUT2D eigenvalue weighted by Crippen LogP contribution is 2.76. The van der Waals surface area contributed by atoms with Gasteiger partial charge in [0.25, 0.3) is 0 Å². The fourth-order valence-corrected chi connectivity index (χ4v) is 24.8. The topological polar surface area (TPSA) is 140 Å². The number of allylic oxidation sites excluding steroid dienone is 6. The van der Waals surface area contributed by atoms with Crippen molar-refractivity contribution in [3.8, 4) is 0 Å². The molecule has 9 nitrogen and oxygen atoms in total. The summed E-state index contributed by atoms with van der Waals surface area (Å²) in [5.74, 6) is -3.87. The Labute approximate surface area is 600 Å². The number of thioether (sulfide) groups is 7. The van der Waals surface area contributed by atoms with Crippen LogP contribution in [-0.4, -0.2) is 65.9 Å². The highest BCUT2D eigenvalue weighted by atomic mass is 32.2. The molecule has 5 heterocycles. The first-order chi connectivity index (χ1) is 47.9. The van der Waals surface area contributed by atoms with E-state index in [0.717, 1.165) is 116 Å². The average Bonchev–Trinajstić information content (AvgIpc) is 1.36. The standard InChI is InChI=1S/C82H65NO8S7/c1-2-3-4-5-6-7-8-9-10-35-52-83-77-79(92-71(65(86)55-40-23-13-24-41-55)61(63(84)53-36-19-11-20-37-53)81(77)95-73(67(88)57-44-27-15-28-45-57)74(96-81)68(89)58-46-29-16-30-47-58)94-80-78(83)82(62(64(85)54-38-21-12-22-39-54)72(93-80)66(87)56-42-25-14-26-43-56)97-75(69(90)59-48-31-17-32-49-59)76(98-82)70(91)60-50-33-18-34-51-60/h11-34,36-51H,2-10,35,52H2,1H3. The first-order valence-corrected chi connectivity index (χ1v) is 38.5. The Morgan fingerprint density at radius 3 is 0.724 bits per heavy atom. The molecule has 5 aliphatic heterocycles. The molecule has 8 aromatic carbocycles. The van der Waals surface area contributed by atoms with Gasteiger partial charge in [-0.05, 0) is 6.42 Å². The van der Waals surface area contributed by atoms with E-state index in [-0.39, 0.29) is 58.2 Å². The second kappa shape index (κ2) is 30.9. The molecule has 0 radical (unpaired) electrons. The molecule has 0 fully saturated rings. The van der Waals surface area contributed by atoms with Crippen molar-refractivity contribution in [2.24, 2.45) is 0 Å². The first-order valence-electron chi connectivity index (χ1n) is 32.7. The predicted octanol–water partition coefficient (Wildman–Crippen LogP) is 21.1. The van der Waals surface area contributed by atoms with Crippen molar-refractivity contribution in [1.82, 2.24) is 4.90 Å². The van der Waals surface area contributed by atoms with Crippen molar-refractivity contribution in [1.29, 1.82) is 0 Å². The predicted molar refractivity (Wildman–Crippen MR) is 405 cm³/mol. The average molecular weight is 1420 g/mol. The fraction of sp³-hybridized carbons (Fsp3) is 0.171. The number of unbranched alkanes of at least 4 members (excludes halogenated alkanes) is 9. The molecule has 0 bridgehead atoms. The molecule has 16 heteroatoms. The highest BCUT2D eigenvalue weighted by Gasteiger charge is 2.65. The zero-order valence-corrected chi connectivity index (χ0v) is 59.2. The number of ketones is 8. The molecule has 0 amide bonds. The molecule has 98 heavy (non-hydrogen) atoms. The minimum atomic E-state index is -1.89. The number of nitrogens with zero attached hydrogens (tertiary/aromatic N) is 1. The summed E-state index contributed by atoms with van der Waals surface area (Å²) in [5.41, 5.74) is 3.23. The van der Waals surface area contributed by atoms with Gasteiger partial charge >= 0.3 is 0 Å². The number of fused-ring (bicyclic) bond motifs is 2. The van der Waals surface area contributed by atoms with Gasteiger partial charge in [-0.3, -0.25) is 38.4 Å². The fourth-order valence-electron chi connectivity index (χ4n) is 12.5. The molecule has 0 saturated carbocycles. The van der Waals surface area contributed by atoms with Gasteiger partial charge in [-0.2, -0.15) is 0 Å².